The van der Waals surface area contributed by atoms with Crippen LogP contribution < -0.4 is 4.90 Å². The highest BCUT2D eigenvalue weighted by atomic mass is 35.5. The van der Waals surface area contributed by atoms with Crippen molar-refractivity contribution < 1.29 is 18.0 Å². The summed E-state index contributed by atoms with van der Waals surface area (Å²) >= 11 is 6.13. The minimum Gasteiger partial charge on any atom is -0.339 e. The van der Waals surface area contributed by atoms with Crippen LogP contribution in [-0.2, 0) is 14.8 Å². The van der Waals surface area contributed by atoms with Gasteiger partial charge in [-0.15, -0.1) is 0 Å². The fourth-order valence-corrected chi connectivity index (χ4v) is 6.64. The van der Waals surface area contributed by atoms with Gasteiger partial charge in [0.2, 0.25) is 15.9 Å². The van der Waals surface area contributed by atoms with E-state index in [1.165, 1.54) is 10.4 Å². The molecule has 0 N–H and O–H groups in total. The fourth-order valence-electron chi connectivity index (χ4n) is 4.70. The maximum Gasteiger partial charge on any atom is 0.253 e. The maximum absolute atomic E-state index is 13.4. The first-order chi connectivity index (χ1) is 16.1. The lowest BCUT2D eigenvalue weighted by atomic mass is 9.77. The first kappa shape index (κ1) is 24.7. The number of anilines is 1. The van der Waals surface area contributed by atoms with Gasteiger partial charge < -0.3 is 9.80 Å². The molecule has 7 nitrogen and oxygen atoms in total. The second kappa shape index (κ2) is 9.32. The third-order valence-corrected chi connectivity index (χ3v) is 9.57. The lowest BCUT2D eigenvalue weighted by molar-refractivity contribution is -0.127. The lowest BCUT2D eigenvalue weighted by Crippen LogP contribution is -2.46. The number of carbonyl (C=O) groups excluding carboxylic acids is 2. The Kier molecular flexibility index (Phi) is 6.77. The Balaban J connectivity index is 1.45. The summed E-state index contributed by atoms with van der Waals surface area (Å²) in [6.45, 7) is 5.05. The Morgan fingerprint density at radius 2 is 1.59 bits per heavy atom. The summed E-state index contributed by atoms with van der Waals surface area (Å²) in [4.78, 5) is 29.5. The highest BCUT2D eigenvalue weighted by Gasteiger charge is 2.50. The second-order valence-electron chi connectivity index (χ2n) is 9.38. The van der Waals surface area contributed by atoms with Gasteiger partial charge in [-0.2, -0.15) is 4.31 Å². The Bertz CT molecular complexity index is 1190. The maximum atomic E-state index is 13.4. The molecule has 2 aromatic rings. The van der Waals surface area contributed by atoms with Gasteiger partial charge in [0.05, 0.1) is 10.4 Å². The molecule has 34 heavy (non-hydrogen) atoms. The average Bonchev–Trinajstić information content (AvgIpc) is 3.14. The van der Waals surface area contributed by atoms with E-state index in [0.717, 1.165) is 5.69 Å². The second-order valence-corrected chi connectivity index (χ2v) is 11.7. The van der Waals surface area contributed by atoms with Crippen LogP contribution in [0.15, 0.2) is 53.4 Å². The third kappa shape index (κ3) is 4.34. The predicted molar refractivity (Wildman–Crippen MR) is 133 cm³/mol. The number of hydrogen-bond acceptors (Lipinski definition) is 4. The molecule has 0 aromatic heterocycles. The highest BCUT2D eigenvalue weighted by molar-refractivity contribution is 7.89. The molecule has 2 saturated heterocycles. The smallest absolute Gasteiger partial charge is 0.253 e. The Labute approximate surface area is 206 Å². The number of sulfonamides is 1. The zero-order valence-electron chi connectivity index (χ0n) is 19.7. The highest BCUT2D eigenvalue weighted by Crippen LogP contribution is 2.44. The van der Waals surface area contributed by atoms with Crippen LogP contribution in [0.5, 0.6) is 0 Å². The van der Waals surface area contributed by atoms with Crippen LogP contribution in [-0.4, -0.2) is 62.2 Å². The van der Waals surface area contributed by atoms with Gasteiger partial charge in [-0.3, -0.25) is 9.59 Å². The van der Waals surface area contributed by atoms with Crippen molar-refractivity contribution in [1.82, 2.24) is 9.21 Å². The molecule has 0 atom stereocenters. The minimum atomic E-state index is -3.71. The molecule has 0 unspecified atom stereocenters. The normalized spacial score (nSPS) is 18.6. The van der Waals surface area contributed by atoms with E-state index < -0.39 is 15.4 Å². The van der Waals surface area contributed by atoms with Gasteiger partial charge >= 0.3 is 0 Å². The zero-order valence-corrected chi connectivity index (χ0v) is 21.3. The van der Waals surface area contributed by atoms with Crippen LogP contribution >= 0.6 is 11.6 Å². The molecule has 2 heterocycles. The largest absolute Gasteiger partial charge is 0.339 e. The molecule has 2 aliphatic heterocycles. The van der Waals surface area contributed by atoms with Gasteiger partial charge in [0, 0.05) is 44.0 Å². The van der Waals surface area contributed by atoms with E-state index in [-0.39, 0.29) is 40.9 Å². The van der Waals surface area contributed by atoms with E-state index in [1.54, 1.807) is 47.2 Å². The van der Waals surface area contributed by atoms with E-state index in [1.807, 2.05) is 26.0 Å². The average molecular weight is 504 g/mol. The van der Waals surface area contributed by atoms with Crippen LogP contribution in [0.2, 0.25) is 5.02 Å². The topological polar surface area (TPSA) is 78.0 Å². The van der Waals surface area contributed by atoms with Crippen molar-refractivity contribution in [2.75, 3.05) is 31.6 Å². The van der Waals surface area contributed by atoms with Crippen molar-refractivity contribution in [3.05, 3.63) is 59.1 Å². The van der Waals surface area contributed by atoms with Crippen LogP contribution in [0.3, 0.4) is 0 Å². The molecule has 2 fully saturated rings. The summed E-state index contributed by atoms with van der Waals surface area (Å²) in [5.74, 6) is -0.0291. The first-order valence-electron chi connectivity index (χ1n) is 11.5. The summed E-state index contributed by atoms with van der Waals surface area (Å²) in [5.41, 5.74) is 0.787. The van der Waals surface area contributed by atoms with Crippen molar-refractivity contribution >= 4 is 39.1 Å². The molecule has 2 aromatic carbocycles. The Morgan fingerprint density at radius 1 is 1.00 bits per heavy atom. The fraction of sp³-hybridized carbons (Fsp3) is 0.440. The van der Waals surface area contributed by atoms with E-state index in [0.29, 0.717) is 31.4 Å². The number of nitrogens with zero attached hydrogens (tertiary/aromatic N) is 3. The van der Waals surface area contributed by atoms with Gasteiger partial charge in [0.15, 0.2) is 0 Å². The van der Waals surface area contributed by atoms with Crippen molar-refractivity contribution in [2.24, 2.45) is 5.41 Å². The third-order valence-electron chi connectivity index (χ3n) is 7.17. The van der Waals surface area contributed by atoms with E-state index in [4.69, 9.17) is 11.6 Å². The molecule has 0 saturated carbocycles. The molecule has 9 heteroatoms. The number of benzene rings is 2. The number of amides is 2. The molecule has 2 aliphatic rings. The summed E-state index contributed by atoms with van der Waals surface area (Å²) in [7, 11) is -1.94. The Hall–Kier alpha value is -2.42. The number of halogens is 1. The number of carbonyl (C=O) groups is 2. The van der Waals surface area contributed by atoms with Crippen molar-refractivity contribution in [3.63, 3.8) is 0 Å². The van der Waals surface area contributed by atoms with Crippen molar-refractivity contribution in [2.45, 2.75) is 44.0 Å². The monoisotopic (exact) mass is 503 g/mol. The minimum absolute atomic E-state index is 0.0284. The van der Waals surface area contributed by atoms with Crippen LogP contribution in [0.25, 0.3) is 0 Å². The predicted octanol–water partition coefficient (Wildman–Crippen LogP) is 4.03. The summed E-state index contributed by atoms with van der Waals surface area (Å²) in [6, 6.07) is 13.7. The van der Waals surface area contributed by atoms with Crippen molar-refractivity contribution in [3.8, 4) is 0 Å². The van der Waals surface area contributed by atoms with Crippen LogP contribution in [0.4, 0.5) is 5.69 Å². The van der Waals surface area contributed by atoms with E-state index >= 15 is 0 Å². The van der Waals surface area contributed by atoms with Gasteiger partial charge in [-0.25, -0.2) is 8.42 Å². The standard InChI is InChI=1S/C25H30ClN3O4S/c1-18(2)27(3)23(30)19-8-10-20(11-9-19)29-17-14-25(24(29)31)12-15-28(16-13-25)34(32,33)22-7-5-4-6-21(22)26/h4-11,18H,12-17H2,1-3H3. The van der Waals surface area contributed by atoms with E-state index in [2.05, 4.69) is 0 Å². The molecule has 0 aliphatic carbocycles. The summed E-state index contributed by atoms with van der Waals surface area (Å²) in [5, 5.41) is 0.201. The zero-order chi connectivity index (χ0) is 24.7. The van der Waals surface area contributed by atoms with Gasteiger partial charge in [-0.05, 0) is 69.5 Å². The number of hydrogen-bond donors (Lipinski definition) is 0. The molecule has 2 amide bonds. The molecule has 182 valence electrons. The van der Waals surface area contributed by atoms with Gasteiger partial charge in [0.1, 0.15) is 4.90 Å². The van der Waals surface area contributed by atoms with Crippen LogP contribution in [0.1, 0.15) is 43.5 Å². The van der Waals surface area contributed by atoms with Crippen molar-refractivity contribution in [1.29, 1.82) is 0 Å². The Morgan fingerprint density at radius 3 is 2.18 bits per heavy atom. The molecule has 0 radical (unpaired) electrons. The van der Waals surface area contributed by atoms with Gasteiger partial charge in [0.25, 0.3) is 5.91 Å². The molecular weight excluding hydrogens is 474 g/mol. The summed E-state index contributed by atoms with van der Waals surface area (Å²) in [6.07, 6.45) is 1.63. The molecule has 4 rings (SSSR count). The lowest BCUT2D eigenvalue weighted by Gasteiger charge is -2.37. The number of rotatable bonds is 5. The molecule has 1 spiro atoms. The molecular formula is C25H30ClN3O4S. The number of piperidine rings is 1. The first-order valence-corrected chi connectivity index (χ1v) is 13.3. The summed E-state index contributed by atoms with van der Waals surface area (Å²) < 4.78 is 27.6. The van der Waals surface area contributed by atoms with Gasteiger partial charge in [-0.1, -0.05) is 23.7 Å². The SMILES string of the molecule is CC(C)N(C)C(=O)c1ccc(N2CCC3(CCN(S(=O)(=O)c4ccccc4Cl)CC3)C2=O)cc1. The van der Waals surface area contributed by atoms with E-state index in [9.17, 15) is 18.0 Å². The van der Waals surface area contributed by atoms with Crippen LogP contribution in [0, 0.1) is 5.41 Å². The molecule has 0 bridgehead atoms. The quantitative estimate of drug-likeness (QED) is 0.617.